The molecule has 22 heavy (non-hydrogen) atoms. The molecule has 1 atom stereocenters. The summed E-state index contributed by atoms with van der Waals surface area (Å²) in [6.45, 7) is 4.71. The summed E-state index contributed by atoms with van der Waals surface area (Å²) in [4.78, 5) is 19.3. The summed E-state index contributed by atoms with van der Waals surface area (Å²) in [5, 5.41) is 0. The normalized spacial score (nSPS) is 20.5. The Morgan fingerprint density at radius 3 is 2.82 bits per heavy atom. The molecule has 0 spiro atoms. The molecule has 1 aromatic rings. The maximum atomic E-state index is 12.8. The average Bonchev–Trinajstić information content (AvgIpc) is 2.64. The molecule has 0 radical (unpaired) electrons. The van der Waals surface area contributed by atoms with Crippen molar-refractivity contribution < 1.29 is 14.3 Å². The summed E-state index contributed by atoms with van der Waals surface area (Å²) in [5.41, 5.74) is 1.25. The van der Waals surface area contributed by atoms with E-state index in [0.29, 0.717) is 22.7 Å². The molecule has 0 aliphatic carbocycles. The van der Waals surface area contributed by atoms with Gasteiger partial charge in [-0.05, 0) is 39.2 Å². The highest BCUT2D eigenvalue weighted by atomic mass is 16.5. The molecule has 0 aromatic heterocycles. The van der Waals surface area contributed by atoms with E-state index in [1.807, 2.05) is 25.0 Å². The van der Waals surface area contributed by atoms with Gasteiger partial charge in [-0.2, -0.15) is 0 Å². The van der Waals surface area contributed by atoms with Crippen LogP contribution in [0.25, 0.3) is 0 Å². The number of rotatable bonds is 3. The molecule has 1 saturated heterocycles. The fourth-order valence-electron chi connectivity index (χ4n) is 3.02. The van der Waals surface area contributed by atoms with Crippen LogP contribution in [-0.4, -0.2) is 42.8 Å². The van der Waals surface area contributed by atoms with Crippen LogP contribution in [0.3, 0.4) is 0 Å². The molecule has 3 rings (SSSR count). The van der Waals surface area contributed by atoms with E-state index in [9.17, 15) is 4.79 Å². The number of nitrogens with zero attached hydrogens (tertiary/aromatic N) is 2. The first-order valence-corrected chi connectivity index (χ1v) is 7.84. The summed E-state index contributed by atoms with van der Waals surface area (Å²) in [6, 6.07) is 3.67. The third-order valence-electron chi connectivity index (χ3n) is 4.07. The number of amides is 1. The fraction of sp³-hybridized carbons (Fsp3) is 0.529. The van der Waals surface area contributed by atoms with Crippen LogP contribution >= 0.6 is 0 Å². The summed E-state index contributed by atoms with van der Waals surface area (Å²) < 4.78 is 11.2. The van der Waals surface area contributed by atoms with E-state index < -0.39 is 0 Å². The predicted octanol–water partition coefficient (Wildman–Crippen LogP) is 3.19. The standard InChI is InChI=1S/C17H22N2O3/c1-11(2)22-16-9-14-13(8-15(16)21-3)17(20)19-7-5-4-6-12(19)10-18-14/h8-12H,4-7H2,1-3H3. The highest BCUT2D eigenvalue weighted by Gasteiger charge is 2.31. The summed E-state index contributed by atoms with van der Waals surface area (Å²) in [6.07, 6.45) is 5.10. The molecule has 0 bridgehead atoms. The highest BCUT2D eigenvalue weighted by molar-refractivity contribution is 6.03. The minimum absolute atomic E-state index is 0.0312. The molecule has 2 aliphatic rings. The molecular formula is C17H22N2O3. The monoisotopic (exact) mass is 302 g/mol. The molecule has 5 nitrogen and oxygen atoms in total. The molecule has 118 valence electrons. The molecule has 1 aromatic carbocycles. The number of hydrogen-bond acceptors (Lipinski definition) is 4. The SMILES string of the molecule is COc1cc2c(cc1OC(C)C)N=CC1CCCCN1C2=O. The second-order valence-corrected chi connectivity index (χ2v) is 6.03. The number of carbonyl (C=O) groups is 1. The molecule has 1 fully saturated rings. The zero-order chi connectivity index (χ0) is 15.7. The van der Waals surface area contributed by atoms with Crippen LogP contribution in [0.15, 0.2) is 17.1 Å². The van der Waals surface area contributed by atoms with Crippen LogP contribution in [0.1, 0.15) is 43.5 Å². The topological polar surface area (TPSA) is 51.1 Å². The van der Waals surface area contributed by atoms with Gasteiger partial charge in [0.2, 0.25) is 0 Å². The van der Waals surface area contributed by atoms with Crippen LogP contribution in [-0.2, 0) is 0 Å². The first-order valence-electron chi connectivity index (χ1n) is 7.84. The van der Waals surface area contributed by atoms with Gasteiger partial charge in [-0.1, -0.05) is 0 Å². The van der Waals surface area contributed by atoms with E-state index in [1.165, 1.54) is 0 Å². The van der Waals surface area contributed by atoms with E-state index in [-0.39, 0.29) is 18.1 Å². The van der Waals surface area contributed by atoms with Crippen LogP contribution in [0.5, 0.6) is 11.5 Å². The maximum absolute atomic E-state index is 12.8. The Balaban J connectivity index is 2.04. The molecular weight excluding hydrogens is 280 g/mol. The Morgan fingerprint density at radius 1 is 1.27 bits per heavy atom. The van der Waals surface area contributed by atoms with Crippen molar-refractivity contribution in [1.82, 2.24) is 4.90 Å². The maximum Gasteiger partial charge on any atom is 0.256 e. The highest BCUT2D eigenvalue weighted by Crippen LogP contribution is 2.38. The predicted molar refractivity (Wildman–Crippen MR) is 85.6 cm³/mol. The first kappa shape index (κ1) is 14.9. The number of benzene rings is 1. The Bertz CT molecular complexity index is 610. The molecule has 1 unspecified atom stereocenters. The Labute approximate surface area is 130 Å². The number of methoxy groups -OCH3 is 1. The molecule has 0 saturated carbocycles. The lowest BCUT2D eigenvalue weighted by molar-refractivity contribution is 0.0688. The Morgan fingerprint density at radius 2 is 2.09 bits per heavy atom. The largest absolute Gasteiger partial charge is 0.493 e. The van der Waals surface area contributed by atoms with Gasteiger partial charge in [0.25, 0.3) is 5.91 Å². The van der Waals surface area contributed by atoms with Crippen LogP contribution in [0.2, 0.25) is 0 Å². The Hall–Kier alpha value is -2.04. The van der Waals surface area contributed by atoms with Gasteiger partial charge in [0.1, 0.15) is 0 Å². The summed E-state index contributed by atoms with van der Waals surface area (Å²) in [7, 11) is 1.59. The van der Waals surface area contributed by atoms with Crippen LogP contribution < -0.4 is 9.47 Å². The van der Waals surface area contributed by atoms with Crippen molar-refractivity contribution in [3.8, 4) is 11.5 Å². The van der Waals surface area contributed by atoms with E-state index >= 15 is 0 Å². The zero-order valence-corrected chi connectivity index (χ0v) is 13.3. The minimum Gasteiger partial charge on any atom is -0.493 e. The van der Waals surface area contributed by atoms with Crippen molar-refractivity contribution in [1.29, 1.82) is 0 Å². The number of fused-ring (bicyclic) bond motifs is 2. The van der Waals surface area contributed by atoms with Crippen molar-refractivity contribution in [2.45, 2.75) is 45.3 Å². The minimum atomic E-state index is 0.0312. The fourth-order valence-corrected chi connectivity index (χ4v) is 3.02. The first-order chi connectivity index (χ1) is 10.6. The van der Waals surface area contributed by atoms with Crippen molar-refractivity contribution in [3.63, 3.8) is 0 Å². The number of aliphatic imine (C=N–C) groups is 1. The van der Waals surface area contributed by atoms with E-state index in [2.05, 4.69) is 4.99 Å². The number of ether oxygens (including phenoxy) is 2. The third-order valence-corrected chi connectivity index (χ3v) is 4.07. The van der Waals surface area contributed by atoms with Crippen LogP contribution in [0.4, 0.5) is 5.69 Å². The van der Waals surface area contributed by atoms with Crippen molar-refractivity contribution in [2.75, 3.05) is 13.7 Å². The van der Waals surface area contributed by atoms with Gasteiger partial charge in [-0.25, -0.2) is 0 Å². The summed E-state index contributed by atoms with van der Waals surface area (Å²) >= 11 is 0. The van der Waals surface area contributed by atoms with Gasteiger partial charge in [-0.3, -0.25) is 9.79 Å². The van der Waals surface area contributed by atoms with Crippen molar-refractivity contribution >= 4 is 17.8 Å². The third kappa shape index (κ3) is 2.67. The lowest BCUT2D eigenvalue weighted by atomic mass is 10.0. The van der Waals surface area contributed by atoms with Gasteiger partial charge in [-0.15, -0.1) is 0 Å². The quantitative estimate of drug-likeness (QED) is 0.861. The van der Waals surface area contributed by atoms with Gasteiger partial charge in [0.05, 0.1) is 30.5 Å². The molecule has 2 aliphatic heterocycles. The lowest BCUT2D eigenvalue weighted by Gasteiger charge is -2.32. The van der Waals surface area contributed by atoms with E-state index in [0.717, 1.165) is 25.8 Å². The molecule has 5 heteroatoms. The number of hydrogen-bond donors (Lipinski definition) is 0. The lowest BCUT2D eigenvalue weighted by Crippen LogP contribution is -2.43. The molecule has 1 amide bonds. The van der Waals surface area contributed by atoms with E-state index in [4.69, 9.17) is 9.47 Å². The number of carbonyl (C=O) groups excluding carboxylic acids is 1. The molecule has 0 N–H and O–H groups in total. The van der Waals surface area contributed by atoms with Gasteiger partial charge in [0, 0.05) is 18.8 Å². The summed E-state index contributed by atoms with van der Waals surface area (Å²) in [5.74, 6) is 1.24. The van der Waals surface area contributed by atoms with Gasteiger partial charge in [0.15, 0.2) is 11.5 Å². The Kier molecular flexibility index (Phi) is 4.05. The second-order valence-electron chi connectivity index (χ2n) is 6.03. The van der Waals surface area contributed by atoms with Crippen LogP contribution in [0, 0.1) is 0 Å². The smallest absolute Gasteiger partial charge is 0.256 e. The average molecular weight is 302 g/mol. The second kappa shape index (κ2) is 5.99. The van der Waals surface area contributed by atoms with E-state index in [1.54, 1.807) is 19.2 Å². The number of piperidine rings is 1. The van der Waals surface area contributed by atoms with Gasteiger partial charge >= 0.3 is 0 Å². The van der Waals surface area contributed by atoms with Gasteiger partial charge < -0.3 is 14.4 Å². The zero-order valence-electron chi connectivity index (χ0n) is 13.3. The molecule has 2 heterocycles. The van der Waals surface area contributed by atoms with Crippen molar-refractivity contribution in [2.24, 2.45) is 4.99 Å². The van der Waals surface area contributed by atoms with Crippen molar-refractivity contribution in [3.05, 3.63) is 17.7 Å².